The lowest BCUT2D eigenvalue weighted by atomic mass is 9.96. The average Bonchev–Trinajstić information content (AvgIpc) is 3.55. The van der Waals surface area contributed by atoms with Gasteiger partial charge in [-0.1, -0.05) is 11.8 Å². The van der Waals surface area contributed by atoms with Crippen LogP contribution in [0.15, 0.2) is 61.4 Å². The number of phosphoric acid groups is 3. The number of nitrogens with zero attached hydrogens (tertiary/aromatic N) is 2. The Hall–Kier alpha value is -4.74. The number of carbonyl (C=O) groups is 2. The number of amides is 2. The van der Waals surface area contributed by atoms with Crippen molar-refractivity contribution in [2.45, 2.75) is 38.0 Å². The van der Waals surface area contributed by atoms with E-state index in [9.17, 15) is 52.6 Å². The molecule has 25 heteroatoms. The minimum absolute atomic E-state index is 0.00441. The maximum Gasteiger partial charge on any atom is 0.490 e. The molecule has 2 aromatic rings. The number of hydrogen-bond acceptors (Lipinski definition) is 14. The maximum absolute atomic E-state index is 13.0. The highest BCUT2D eigenvalue weighted by Gasteiger charge is 2.41. The Morgan fingerprint density at radius 2 is 1.79 bits per heavy atom. The molecule has 7 N–H and O–H groups in total. The van der Waals surface area contributed by atoms with E-state index in [1.54, 1.807) is 12.1 Å². The van der Waals surface area contributed by atoms with Crippen LogP contribution in [0.3, 0.4) is 0 Å². The SMILES string of the molecule is CN(CC(=O)NCC#Cc1cn(C2CCC(COP(=O)(O)OP(=O)(O)OP(=O)(O)O)O2)c(=O)[nH]c1=O)C(=O)CCc1c2ccc(=O)cc-2oc2cc(O)ccc12. The predicted molar refractivity (Wildman–Crippen MR) is 191 cm³/mol. The standard InChI is InChI=1S/C31H33N4O18P3/c1-34(28(39)10-9-22-23-7-4-19(36)13-25(23)51-26-14-20(37)5-8-24(22)26)16-27(38)32-12-2-3-18-15-35(31(41)33-30(18)40)29-11-6-21(50-29)17-49-55(45,46)53-56(47,48)52-54(42,43)44/h4-5,7-8,13-15,21,29,36H,6,9-12,16-17H2,1H3,(H,32,38)(H,45,46)(H,47,48)(H,33,40,41)(H2,42,43,44). The first-order valence-electron chi connectivity index (χ1n) is 16.2. The fourth-order valence-electron chi connectivity index (χ4n) is 5.56. The highest BCUT2D eigenvalue weighted by Crippen LogP contribution is 2.66. The summed E-state index contributed by atoms with van der Waals surface area (Å²) in [5.41, 5.74) is -0.541. The normalized spacial score (nSPS) is 17.8. The molecule has 22 nitrogen and oxygen atoms in total. The topological polar surface area (TPSA) is 324 Å². The van der Waals surface area contributed by atoms with Crippen LogP contribution in [0.2, 0.25) is 0 Å². The van der Waals surface area contributed by atoms with E-state index in [1.165, 1.54) is 36.2 Å². The molecule has 2 aliphatic heterocycles. The Balaban J connectivity index is 1.12. The largest absolute Gasteiger partial charge is 0.508 e. The number of ether oxygens (including phenoxy) is 1. The van der Waals surface area contributed by atoms with E-state index in [2.05, 4.69) is 35.3 Å². The van der Waals surface area contributed by atoms with Crippen LogP contribution in [0.5, 0.6) is 5.75 Å². The molecule has 4 unspecified atom stereocenters. The van der Waals surface area contributed by atoms with Crippen LogP contribution < -0.4 is 22.0 Å². The molecule has 300 valence electrons. The number of benzene rings is 2. The van der Waals surface area contributed by atoms with Crippen LogP contribution >= 0.6 is 23.5 Å². The Bertz CT molecular complexity index is 2520. The third-order valence-electron chi connectivity index (χ3n) is 7.98. The lowest BCUT2D eigenvalue weighted by molar-refractivity contribution is -0.134. The Morgan fingerprint density at radius 1 is 1.04 bits per heavy atom. The molecule has 1 aromatic carbocycles. The van der Waals surface area contributed by atoms with E-state index in [-0.39, 0.29) is 61.4 Å². The summed E-state index contributed by atoms with van der Waals surface area (Å²) in [5.74, 6) is 4.42. The fourth-order valence-corrected chi connectivity index (χ4v) is 8.61. The van der Waals surface area contributed by atoms with Gasteiger partial charge in [-0.2, -0.15) is 8.62 Å². The number of likely N-dealkylation sites (N-methyl/N-ethyl adjacent to an activating group) is 1. The van der Waals surface area contributed by atoms with Crippen molar-refractivity contribution in [3.63, 3.8) is 0 Å². The zero-order valence-electron chi connectivity index (χ0n) is 28.9. The van der Waals surface area contributed by atoms with Gasteiger partial charge in [0.1, 0.15) is 28.9 Å². The summed E-state index contributed by atoms with van der Waals surface area (Å²) in [4.78, 5) is 102. The molecular weight excluding hydrogens is 809 g/mol. The van der Waals surface area contributed by atoms with E-state index in [0.717, 1.165) is 10.8 Å². The lowest BCUT2D eigenvalue weighted by Gasteiger charge is -2.19. The summed E-state index contributed by atoms with van der Waals surface area (Å²) in [7, 11) is -15.3. The number of carbonyl (C=O) groups excluding carboxylic acids is 2. The first-order valence-corrected chi connectivity index (χ1v) is 20.7. The molecule has 0 bridgehead atoms. The van der Waals surface area contributed by atoms with Gasteiger partial charge in [0.05, 0.1) is 25.8 Å². The van der Waals surface area contributed by atoms with Crippen molar-refractivity contribution in [3.8, 4) is 28.9 Å². The molecule has 1 saturated heterocycles. The monoisotopic (exact) mass is 842 g/mol. The number of aromatic hydroxyl groups is 1. The first kappa shape index (κ1) is 42.4. The van der Waals surface area contributed by atoms with Crippen molar-refractivity contribution >= 4 is 46.3 Å². The number of aromatic amines is 1. The minimum atomic E-state index is -5.72. The molecule has 1 aromatic heterocycles. The predicted octanol–water partition coefficient (Wildman–Crippen LogP) is 1.03. The van der Waals surface area contributed by atoms with Crippen molar-refractivity contribution in [2.24, 2.45) is 0 Å². The zero-order chi connectivity index (χ0) is 41.0. The second-order valence-corrected chi connectivity index (χ2v) is 16.6. The molecule has 1 fully saturated rings. The molecule has 2 amide bonds. The third-order valence-corrected chi connectivity index (χ3v) is 11.8. The molecule has 1 aliphatic carbocycles. The van der Waals surface area contributed by atoms with E-state index in [4.69, 9.17) is 18.9 Å². The number of nitrogens with one attached hydrogen (secondary N) is 2. The van der Waals surface area contributed by atoms with Crippen LogP contribution in [-0.4, -0.2) is 83.8 Å². The zero-order valence-corrected chi connectivity index (χ0v) is 31.6. The van der Waals surface area contributed by atoms with Gasteiger partial charge in [-0.05, 0) is 49.1 Å². The molecule has 5 rings (SSSR count). The van der Waals surface area contributed by atoms with Crippen molar-refractivity contribution in [3.05, 3.63) is 84.8 Å². The summed E-state index contributed by atoms with van der Waals surface area (Å²) >= 11 is 0. The third kappa shape index (κ3) is 11.4. The molecule has 3 aliphatic rings. The quantitative estimate of drug-likeness (QED) is 0.0529. The molecule has 4 atom stereocenters. The van der Waals surface area contributed by atoms with Gasteiger partial charge in [0, 0.05) is 42.7 Å². The maximum atomic E-state index is 13.0. The van der Waals surface area contributed by atoms with Crippen molar-refractivity contribution in [2.75, 3.05) is 26.7 Å². The van der Waals surface area contributed by atoms with Crippen molar-refractivity contribution in [1.29, 1.82) is 0 Å². The Morgan fingerprint density at radius 3 is 2.52 bits per heavy atom. The molecule has 0 radical (unpaired) electrons. The summed E-state index contributed by atoms with van der Waals surface area (Å²) in [6, 6.07) is 8.82. The van der Waals surface area contributed by atoms with Crippen LogP contribution in [0, 0.1) is 11.8 Å². The van der Waals surface area contributed by atoms with Gasteiger partial charge in [-0.15, -0.1) is 0 Å². The average molecular weight is 843 g/mol. The van der Waals surface area contributed by atoms with Gasteiger partial charge in [0.2, 0.25) is 11.8 Å². The number of hydrogen-bond donors (Lipinski definition) is 7. The summed E-state index contributed by atoms with van der Waals surface area (Å²) < 4.78 is 58.5. The minimum Gasteiger partial charge on any atom is -0.508 e. The second kappa shape index (κ2) is 17.2. The van der Waals surface area contributed by atoms with Gasteiger partial charge >= 0.3 is 29.2 Å². The summed E-state index contributed by atoms with van der Waals surface area (Å²) in [6.45, 7) is -1.31. The van der Waals surface area contributed by atoms with Gasteiger partial charge in [0.15, 0.2) is 5.43 Å². The van der Waals surface area contributed by atoms with Gasteiger partial charge in [0.25, 0.3) is 5.56 Å². The molecule has 0 saturated carbocycles. The highest BCUT2D eigenvalue weighted by molar-refractivity contribution is 7.66. The Kier molecular flexibility index (Phi) is 13.0. The smallest absolute Gasteiger partial charge is 0.490 e. The van der Waals surface area contributed by atoms with Gasteiger partial charge in [-0.25, -0.2) is 18.5 Å². The van der Waals surface area contributed by atoms with Crippen molar-refractivity contribution < 1.29 is 70.3 Å². The number of aromatic nitrogens is 2. The molecular formula is C31H33N4O18P3. The van der Waals surface area contributed by atoms with Crippen LogP contribution in [0.4, 0.5) is 0 Å². The second-order valence-electron chi connectivity index (χ2n) is 12.1. The van der Waals surface area contributed by atoms with E-state index in [1.807, 2.05) is 0 Å². The van der Waals surface area contributed by atoms with Gasteiger partial charge < -0.3 is 44.1 Å². The van der Waals surface area contributed by atoms with Gasteiger partial charge in [-0.3, -0.25) is 33.3 Å². The first-order chi connectivity index (χ1) is 26.2. The van der Waals surface area contributed by atoms with E-state index < -0.39 is 59.6 Å². The van der Waals surface area contributed by atoms with Crippen molar-refractivity contribution in [1.82, 2.24) is 19.8 Å². The molecule has 3 heterocycles. The summed E-state index contributed by atoms with van der Waals surface area (Å²) in [6.07, 6.45) is -0.475. The van der Waals surface area contributed by atoms with E-state index in [0.29, 0.717) is 27.9 Å². The molecule has 56 heavy (non-hydrogen) atoms. The summed E-state index contributed by atoms with van der Waals surface area (Å²) in [5, 5.41) is 13.1. The number of phosphoric ester groups is 1. The Labute approximate surface area is 314 Å². The van der Waals surface area contributed by atoms with Crippen LogP contribution in [0.25, 0.3) is 22.3 Å². The number of fused-ring (bicyclic) bond motifs is 2. The lowest BCUT2D eigenvalue weighted by Crippen LogP contribution is -2.38. The van der Waals surface area contributed by atoms with Crippen LogP contribution in [-0.2, 0) is 47.6 Å². The fraction of sp³-hybridized carbons (Fsp3) is 0.323. The number of aryl methyl sites for hydroxylation is 1. The van der Waals surface area contributed by atoms with E-state index >= 15 is 0 Å². The number of rotatable bonds is 14. The number of H-pyrrole nitrogens is 1. The van der Waals surface area contributed by atoms with Crippen LogP contribution in [0.1, 0.15) is 36.6 Å². The highest BCUT2D eigenvalue weighted by atomic mass is 31.3. The number of phenols is 1. The number of phenolic OH excluding ortho intramolecular Hbond substituents is 1. The molecule has 0 spiro atoms.